The molecule has 0 spiro atoms. The summed E-state index contributed by atoms with van der Waals surface area (Å²) >= 11 is 5.74. The fourth-order valence-electron chi connectivity index (χ4n) is 1.50. The van der Waals surface area contributed by atoms with Gasteiger partial charge in [0, 0.05) is 16.8 Å². The Morgan fingerprint density at radius 1 is 1.28 bits per heavy atom. The third-order valence-electron chi connectivity index (χ3n) is 2.55. The van der Waals surface area contributed by atoms with Gasteiger partial charge in [0.05, 0.1) is 0 Å². The molecule has 18 heavy (non-hydrogen) atoms. The first kappa shape index (κ1) is 14.7. The fourth-order valence-corrected chi connectivity index (χ4v) is 1.62. The summed E-state index contributed by atoms with van der Waals surface area (Å²) in [6, 6.07) is 6.72. The highest BCUT2D eigenvalue weighted by atomic mass is 35.5. The Balaban J connectivity index is 2.24. The molecule has 0 aliphatic rings. The molecule has 0 aliphatic heterocycles. The molecule has 98 valence electrons. The maximum Gasteiger partial charge on any atom is 0.271 e. The van der Waals surface area contributed by atoms with Crippen LogP contribution in [0.3, 0.4) is 0 Å². The molecule has 0 saturated heterocycles. The predicted octanol–water partition coefficient (Wildman–Crippen LogP) is 4.03. The van der Waals surface area contributed by atoms with Crippen LogP contribution in [0.25, 0.3) is 0 Å². The van der Waals surface area contributed by atoms with Crippen LogP contribution < -0.4 is 5.43 Å². The number of carbonyl (C=O) groups excluding carboxylic acids is 1. The average molecular weight is 267 g/mol. The Morgan fingerprint density at radius 3 is 2.67 bits per heavy atom. The molecule has 0 heterocycles. The van der Waals surface area contributed by atoms with Crippen molar-refractivity contribution in [2.24, 2.45) is 5.10 Å². The lowest BCUT2D eigenvalue weighted by molar-refractivity contribution is 0.0955. The van der Waals surface area contributed by atoms with Gasteiger partial charge in [0.2, 0.25) is 0 Å². The molecule has 0 atom stereocenters. The van der Waals surface area contributed by atoms with E-state index < -0.39 is 0 Å². The van der Waals surface area contributed by atoms with Crippen molar-refractivity contribution < 1.29 is 4.79 Å². The van der Waals surface area contributed by atoms with E-state index in [1.54, 1.807) is 30.5 Å². The van der Waals surface area contributed by atoms with Crippen LogP contribution in [-0.2, 0) is 0 Å². The molecule has 0 fully saturated rings. The summed E-state index contributed by atoms with van der Waals surface area (Å²) in [6.45, 7) is 2.18. The molecular formula is C14H19ClN2O. The molecule has 1 aromatic carbocycles. The lowest BCUT2D eigenvalue weighted by Gasteiger charge is -1.99. The monoisotopic (exact) mass is 266 g/mol. The molecule has 0 aromatic heterocycles. The molecular weight excluding hydrogens is 248 g/mol. The van der Waals surface area contributed by atoms with Gasteiger partial charge in [-0.15, -0.1) is 0 Å². The molecule has 4 heteroatoms. The summed E-state index contributed by atoms with van der Waals surface area (Å²) in [5.41, 5.74) is 3.05. The topological polar surface area (TPSA) is 41.5 Å². The van der Waals surface area contributed by atoms with E-state index in [1.807, 2.05) is 0 Å². The first-order valence-corrected chi connectivity index (χ1v) is 6.69. The van der Waals surface area contributed by atoms with Crippen LogP contribution in [0.5, 0.6) is 0 Å². The number of hydrogen-bond donors (Lipinski definition) is 1. The summed E-state index contributed by atoms with van der Waals surface area (Å²) in [6.07, 6.45) is 7.47. The molecule has 3 nitrogen and oxygen atoms in total. The Hall–Kier alpha value is -1.35. The van der Waals surface area contributed by atoms with Gasteiger partial charge >= 0.3 is 0 Å². The quantitative estimate of drug-likeness (QED) is 0.452. The van der Waals surface area contributed by atoms with E-state index >= 15 is 0 Å². The van der Waals surface area contributed by atoms with Crippen LogP contribution in [0, 0.1) is 0 Å². The molecule has 1 N–H and O–H groups in total. The summed E-state index contributed by atoms with van der Waals surface area (Å²) in [7, 11) is 0. The zero-order valence-corrected chi connectivity index (χ0v) is 11.4. The normalized spacial score (nSPS) is 10.8. The third-order valence-corrected chi connectivity index (χ3v) is 2.80. The third kappa shape index (κ3) is 5.82. The van der Waals surface area contributed by atoms with Crippen LogP contribution in [0.1, 0.15) is 49.4 Å². The number of nitrogens with zero attached hydrogens (tertiary/aromatic N) is 1. The zero-order chi connectivity index (χ0) is 13.2. The first-order valence-electron chi connectivity index (χ1n) is 6.31. The van der Waals surface area contributed by atoms with Gasteiger partial charge in [-0.3, -0.25) is 4.79 Å². The first-order chi connectivity index (χ1) is 8.74. The van der Waals surface area contributed by atoms with Crippen molar-refractivity contribution in [2.75, 3.05) is 0 Å². The molecule has 0 saturated carbocycles. The predicted molar refractivity (Wildman–Crippen MR) is 76.2 cm³/mol. The number of rotatable bonds is 7. The smallest absolute Gasteiger partial charge is 0.267 e. The van der Waals surface area contributed by atoms with E-state index in [0.717, 1.165) is 12.8 Å². The van der Waals surface area contributed by atoms with Gasteiger partial charge in [-0.25, -0.2) is 5.43 Å². The number of benzene rings is 1. The largest absolute Gasteiger partial charge is 0.271 e. The van der Waals surface area contributed by atoms with Gasteiger partial charge in [-0.05, 0) is 37.1 Å². The van der Waals surface area contributed by atoms with Gasteiger partial charge in [0.1, 0.15) is 0 Å². The Labute approximate surface area is 113 Å². The molecule has 1 amide bonds. The van der Waals surface area contributed by atoms with E-state index in [9.17, 15) is 4.79 Å². The van der Waals surface area contributed by atoms with Crippen molar-refractivity contribution in [1.29, 1.82) is 0 Å². The van der Waals surface area contributed by atoms with Crippen molar-refractivity contribution in [2.45, 2.75) is 39.0 Å². The molecule has 0 bridgehead atoms. The van der Waals surface area contributed by atoms with Gasteiger partial charge in [0.15, 0.2) is 0 Å². The van der Waals surface area contributed by atoms with Crippen LogP contribution in [-0.4, -0.2) is 12.1 Å². The second-order valence-corrected chi connectivity index (χ2v) is 4.55. The molecule has 1 aromatic rings. The minimum atomic E-state index is -0.212. The molecule has 0 radical (unpaired) electrons. The van der Waals surface area contributed by atoms with Gasteiger partial charge < -0.3 is 0 Å². The molecule has 0 aliphatic carbocycles. The number of carbonyl (C=O) groups is 1. The highest BCUT2D eigenvalue weighted by molar-refractivity contribution is 6.30. The van der Waals surface area contributed by atoms with Crippen molar-refractivity contribution in [3.8, 4) is 0 Å². The number of amides is 1. The van der Waals surface area contributed by atoms with Crippen LogP contribution in [0.4, 0.5) is 0 Å². The summed E-state index contributed by atoms with van der Waals surface area (Å²) in [4.78, 5) is 11.6. The van der Waals surface area contributed by atoms with E-state index in [0.29, 0.717) is 10.6 Å². The van der Waals surface area contributed by atoms with Crippen LogP contribution in [0.2, 0.25) is 5.02 Å². The van der Waals surface area contributed by atoms with Crippen molar-refractivity contribution >= 4 is 23.7 Å². The number of nitrogens with one attached hydrogen (secondary N) is 1. The Morgan fingerprint density at radius 2 is 2.00 bits per heavy atom. The minimum Gasteiger partial charge on any atom is -0.267 e. The van der Waals surface area contributed by atoms with Gasteiger partial charge in [0.25, 0.3) is 5.91 Å². The minimum absolute atomic E-state index is 0.212. The van der Waals surface area contributed by atoms with Gasteiger partial charge in [-0.2, -0.15) is 5.10 Å². The highest BCUT2D eigenvalue weighted by Gasteiger charge is 2.02. The number of hydrazone groups is 1. The fraction of sp³-hybridized carbons (Fsp3) is 0.429. The summed E-state index contributed by atoms with van der Waals surface area (Å²) in [5.74, 6) is -0.212. The summed E-state index contributed by atoms with van der Waals surface area (Å²) in [5, 5.41) is 4.53. The van der Waals surface area contributed by atoms with E-state index in [-0.39, 0.29) is 5.91 Å². The SMILES string of the molecule is CCCCCC/C=N/NC(=O)c1ccc(Cl)cc1. The standard InChI is InChI=1S/C14H19ClN2O/c1-2-3-4-5-6-11-16-17-14(18)12-7-9-13(15)10-8-12/h7-11H,2-6H2,1H3,(H,17,18)/b16-11+. The highest BCUT2D eigenvalue weighted by Crippen LogP contribution is 2.09. The van der Waals surface area contributed by atoms with Crippen molar-refractivity contribution in [3.05, 3.63) is 34.9 Å². The molecule has 0 unspecified atom stereocenters. The Bertz CT molecular complexity index is 387. The van der Waals surface area contributed by atoms with Gasteiger partial charge in [-0.1, -0.05) is 37.8 Å². The average Bonchev–Trinajstić information content (AvgIpc) is 2.38. The number of hydrogen-bond acceptors (Lipinski definition) is 2. The second kappa shape index (κ2) is 8.70. The number of halogens is 1. The maximum absolute atomic E-state index is 11.6. The maximum atomic E-state index is 11.6. The van der Waals surface area contributed by atoms with E-state index in [2.05, 4.69) is 17.5 Å². The van der Waals surface area contributed by atoms with E-state index in [1.165, 1.54) is 19.3 Å². The Kier molecular flexibility index (Phi) is 7.11. The zero-order valence-electron chi connectivity index (χ0n) is 10.7. The molecule has 1 rings (SSSR count). The van der Waals surface area contributed by atoms with Crippen molar-refractivity contribution in [3.63, 3.8) is 0 Å². The van der Waals surface area contributed by atoms with Crippen molar-refractivity contribution in [1.82, 2.24) is 5.43 Å². The lowest BCUT2D eigenvalue weighted by Crippen LogP contribution is -2.17. The summed E-state index contributed by atoms with van der Waals surface area (Å²) < 4.78 is 0. The van der Waals surface area contributed by atoms with Crippen LogP contribution in [0.15, 0.2) is 29.4 Å². The van der Waals surface area contributed by atoms with Crippen LogP contribution >= 0.6 is 11.6 Å². The number of unbranched alkanes of at least 4 members (excludes halogenated alkanes) is 4. The lowest BCUT2D eigenvalue weighted by atomic mass is 10.2. The second-order valence-electron chi connectivity index (χ2n) is 4.11. The van der Waals surface area contributed by atoms with E-state index in [4.69, 9.17) is 11.6 Å².